The van der Waals surface area contributed by atoms with E-state index in [1.165, 1.54) is 0 Å². The van der Waals surface area contributed by atoms with E-state index in [2.05, 4.69) is 5.32 Å². The summed E-state index contributed by atoms with van der Waals surface area (Å²) in [5.41, 5.74) is 8.32. The number of anilines is 1. The minimum Gasteiger partial charge on any atom is -0.330 e. The average Bonchev–Trinajstić information content (AvgIpc) is 2.46. The number of rotatable bonds is 2. The Hall–Kier alpha value is -1.06. The standard InChI is InChI=1S/C11H13ClN2O/c1-6-8-4-7(2-3-13)5-9(12)10(8)14-11(6)15/h4-6H,2-3,13H2,1H3,(H,14,15). The first-order valence-corrected chi connectivity index (χ1v) is 5.34. The van der Waals surface area contributed by atoms with Crippen LogP contribution in [0.5, 0.6) is 0 Å². The summed E-state index contributed by atoms with van der Waals surface area (Å²) in [6.07, 6.45) is 0.786. The molecule has 1 aliphatic heterocycles. The topological polar surface area (TPSA) is 55.1 Å². The van der Waals surface area contributed by atoms with Crippen molar-refractivity contribution in [3.05, 3.63) is 28.3 Å². The van der Waals surface area contributed by atoms with Gasteiger partial charge in [0.1, 0.15) is 0 Å². The fraction of sp³-hybridized carbons (Fsp3) is 0.364. The summed E-state index contributed by atoms with van der Waals surface area (Å²) in [7, 11) is 0. The molecule has 1 unspecified atom stereocenters. The second-order valence-electron chi connectivity index (χ2n) is 3.79. The van der Waals surface area contributed by atoms with E-state index in [0.717, 1.165) is 23.2 Å². The van der Waals surface area contributed by atoms with Crippen LogP contribution in [0.25, 0.3) is 0 Å². The highest BCUT2D eigenvalue weighted by Crippen LogP contribution is 2.38. The van der Waals surface area contributed by atoms with Gasteiger partial charge in [0.25, 0.3) is 0 Å². The van der Waals surface area contributed by atoms with Crippen molar-refractivity contribution < 1.29 is 4.79 Å². The molecule has 0 bridgehead atoms. The maximum absolute atomic E-state index is 11.5. The van der Waals surface area contributed by atoms with Gasteiger partial charge in [-0.1, -0.05) is 17.7 Å². The van der Waals surface area contributed by atoms with Gasteiger partial charge >= 0.3 is 0 Å². The van der Waals surface area contributed by atoms with Crippen LogP contribution in [0.3, 0.4) is 0 Å². The van der Waals surface area contributed by atoms with Crippen LogP contribution in [0.15, 0.2) is 12.1 Å². The number of hydrogen-bond acceptors (Lipinski definition) is 2. The van der Waals surface area contributed by atoms with Crippen molar-refractivity contribution >= 4 is 23.2 Å². The van der Waals surface area contributed by atoms with Crippen molar-refractivity contribution in [2.24, 2.45) is 5.73 Å². The Morgan fingerprint density at radius 1 is 1.53 bits per heavy atom. The summed E-state index contributed by atoms with van der Waals surface area (Å²) in [4.78, 5) is 11.5. The zero-order valence-corrected chi connectivity index (χ0v) is 9.27. The van der Waals surface area contributed by atoms with Crippen molar-refractivity contribution in [2.45, 2.75) is 19.3 Å². The molecular weight excluding hydrogens is 212 g/mol. The quantitative estimate of drug-likeness (QED) is 0.806. The van der Waals surface area contributed by atoms with Gasteiger partial charge in [-0.05, 0) is 37.1 Å². The molecule has 1 aromatic carbocycles. The van der Waals surface area contributed by atoms with Crippen LogP contribution < -0.4 is 11.1 Å². The van der Waals surface area contributed by atoms with Crippen LogP contribution in [-0.4, -0.2) is 12.5 Å². The van der Waals surface area contributed by atoms with Crippen LogP contribution in [0, 0.1) is 0 Å². The van der Waals surface area contributed by atoms with Crippen LogP contribution in [0.2, 0.25) is 5.02 Å². The number of hydrogen-bond donors (Lipinski definition) is 2. The second kappa shape index (κ2) is 3.83. The van der Waals surface area contributed by atoms with Crippen LogP contribution >= 0.6 is 11.6 Å². The van der Waals surface area contributed by atoms with Crippen molar-refractivity contribution in [1.82, 2.24) is 0 Å². The number of carbonyl (C=O) groups is 1. The molecule has 3 nitrogen and oxygen atoms in total. The van der Waals surface area contributed by atoms with E-state index in [4.69, 9.17) is 17.3 Å². The molecule has 0 spiro atoms. The second-order valence-corrected chi connectivity index (χ2v) is 4.20. The third-order valence-corrected chi connectivity index (χ3v) is 3.02. The van der Waals surface area contributed by atoms with Crippen LogP contribution in [-0.2, 0) is 11.2 Å². The van der Waals surface area contributed by atoms with Gasteiger partial charge in [-0.25, -0.2) is 0 Å². The summed E-state index contributed by atoms with van der Waals surface area (Å²) in [5, 5.41) is 3.39. The highest BCUT2D eigenvalue weighted by atomic mass is 35.5. The SMILES string of the molecule is CC1C(=O)Nc2c(Cl)cc(CCN)cc21. The molecule has 0 saturated heterocycles. The first-order valence-electron chi connectivity index (χ1n) is 4.96. The predicted molar refractivity (Wildman–Crippen MR) is 61.3 cm³/mol. The van der Waals surface area contributed by atoms with Crippen LogP contribution in [0.4, 0.5) is 5.69 Å². The van der Waals surface area contributed by atoms with Gasteiger partial charge < -0.3 is 11.1 Å². The number of benzene rings is 1. The monoisotopic (exact) mass is 224 g/mol. The fourth-order valence-electron chi connectivity index (χ4n) is 1.84. The van der Waals surface area contributed by atoms with Gasteiger partial charge in [-0.3, -0.25) is 4.79 Å². The van der Waals surface area contributed by atoms with Gasteiger partial charge in [-0.2, -0.15) is 0 Å². The van der Waals surface area contributed by atoms with Gasteiger partial charge in [0.2, 0.25) is 5.91 Å². The number of nitrogens with two attached hydrogens (primary N) is 1. The first-order chi connectivity index (χ1) is 7.13. The minimum absolute atomic E-state index is 0.0109. The molecule has 2 rings (SSSR count). The molecule has 1 aromatic rings. The zero-order chi connectivity index (χ0) is 11.0. The Bertz CT molecular complexity index is 417. The number of carbonyl (C=O) groups excluding carboxylic acids is 1. The van der Waals surface area contributed by atoms with Crippen LogP contribution in [0.1, 0.15) is 24.0 Å². The molecule has 0 radical (unpaired) electrons. The first kappa shape index (κ1) is 10.5. The van der Waals surface area contributed by atoms with E-state index in [0.29, 0.717) is 11.6 Å². The predicted octanol–water partition coefficient (Wildman–Crippen LogP) is 1.90. The Labute approximate surface area is 93.6 Å². The lowest BCUT2D eigenvalue weighted by atomic mass is 9.99. The van der Waals surface area contributed by atoms with Crippen molar-refractivity contribution in [3.63, 3.8) is 0 Å². The van der Waals surface area contributed by atoms with Gasteiger partial charge in [0, 0.05) is 0 Å². The summed E-state index contributed by atoms with van der Waals surface area (Å²) in [6, 6.07) is 3.88. The largest absolute Gasteiger partial charge is 0.330 e. The number of amides is 1. The molecule has 0 aliphatic carbocycles. The summed E-state index contributed by atoms with van der Waals surface area (Å²) in [5.74, 6) is -0.105. The summed E-state index contributed by atoms with van der Waals surface area (Å²) in [6.45, 7) is 2.47. The fourth-order valence-corrected chi connectivity index (χ4v) is 2.14. The lowest BCUT2D eigenvalue weighted by Gasteiger charge is -2.07. The van der Waals surface area contributed by atoms with E-state index < -0.39 is 0 Å². The number of halogens is 1. The Balaban J connectivity index is 2.47. The number of fused-ring (bicyclic) bond motifs is 1. The molecule has 15 heavy (non-hydrogen) atoms. The van der Waals surface area contributed by atoms with Crippen molar-refractivity contribution in [2.75, 3.05) is 11.9 Å². The molecule has 1 heterocycles. The molecule has 1 aliphatic rings. The molecular formula is C11H13ClN2O. The van der Waals surface area contributed by atoms with Gasteiger partial charge in [-0.15, -0.1) is 0 Å². The third kappa shape index (κ3) is 1.73. The molecule has 0 aromatic heterocycles. The lowest BCUT2D eigenvalue weighted by molar-refractivity contribution is -0.116. The average molecular weight is 225 g/mol. The van der Waals surface area contributed by atoms with E-state index in [-0.39, 0.29) is 11.8 Å². The smallest absolute Gasteiger partial charge is 0.231 e. The molecule has 3 N–H and O–H groups in total. The third-order valence-electron chi connectivity index (χ3n) is 2.72. The molecule has 0 saturated carbocycles. The summed E-state index contributed by atoms with van der Waals surface area (Å²) < 4.78 is 0. The van der Waals surface area contributed by atoms with E-state index in [9.17, 15) is 4.79 Å². The minimum atomic E-state index is -0.116. The lowest BCUT2D eigenvalue weighted by Crippen LogP contribution is -2.08. The zero-order valence-electron chi connectivity index (χ0n) is 8.51. The maximum Gasteiger partial charge on any atom is 0.231 e. The van der Waals surface area contributed by atoms with E-state index in [1.54, 1.807) is 0 Å². The van der Waals surface area contributed by atoms with Crippen molar-refractivity contribution in [3.8, 4) is 0 Å². The molecule has 4 heteroatoms. The molecule has 80 valence electrons. The highest BCUT2D eigenvalue weighted by Gasteiger charge is 2.28. The van der Waals surface area contributed by atoms with Gasteiger partial charge in [0.05, 0.1) is 16.6 Å². The highest BCUT2D eigenvalue weighted by molar-refractivity contribution is 6.34. The normalized spacial score (nSPS) is 18.9. The van der Waals surface area contributed by atoms with Gasteiger partial charge in [0.15, 0.2) is 0 Å². The summed E-state index contributed by atoms with van der Waals surface area (Å²) >= 11 is 6.09. The molecule has 1 amide bonds. The van der Waals surface area contributed by atoms with Crippen molar-refractivity contribution in [1.29, 1.82) is 0 Å². The maximum atomic E-state index is 11.5. The van der Waals surface area contributed by atoms with E-state index >= 15 is 0 Å². The Morgan fingerprint density at radius 3 is 2.93 bits per heavy atom. The molecule has 0 fully saturated rings. The van der Waals surface area contributed by atoms with E-state index in [1.807, 2.05) is 19.1 Å². The molecule has 1 atom stereocenters. The number of nitrogens with one attached hydrogen (secondary N) is 1. The Morgan fingerprint density at radius 2 is 2.27 bits per heavy atom. The Kier molecular flexibility index (Phi) is 2.67.